The molecule has 0 saturated carbocycles. The zero-order valence-corrected chi connectivity index (χ0v) is 11.7. The Morgan fingerprint density at radius 2 is 1.80 bits per heavy atom. The molecule has 0 bridgehead atoms. The summed E-state index contributed by atoms with van der Waals surface area (Å²) < 4.78 is 5.23. The third-order valence-corrected chi connectivity index (χ3v) is 3.93. The number of hydrogen-bond donors (Lipinski definition) is 2. The van der Waals surface area contributed by atoms with Crippen LogP contribution in [0.1, 0.15) is 25.7 Å². The van der Waals surface area contributed by atoms with Gasteiger partial charge in [0.2, 0.25) is 0 Å². The molecule has 0 unspecified atom stereocenters. The predicted octanol–water partition coefficient (Wildman–Crippen LogP) is 0.520. The molecule has 20 heavy (non-hydrogen) atoms. The Morgan fingerprint density at radius 3 is 2.40 bits per heavy atom. The SMILES string of the molecule is O=C(O)CCC1CCN(C(=O)NN2CCOCC2)CC1. The summed E-state index contributed by atoms with van der Waals surface area (Å²) in [5.41, 5.74) is 2.90. The van der Waals surface area contributed by atoms with Crippen LogP contribution in [0.2, 0.25) is 0 Å². The van der Waals surface area contributed by atoms with Crippen LogP contribution in [0, 0.1) is 5.92 Å². The molecule has 0 aliphatic carbocycles. The number of nitrogens with zero attached hydrogens (tertiary/aromatic N) is 2. The smallest absolute Gasteiger partial charge is 0.331 e. The highest BCUT2D eigenvalue weighted by Crippen LogP contribution is 2.21. The van der Waals surface area contributed by atoms with E-state index in [2.05, 4.69) is 5.43 Å². The summed E-state index contributed by atoms with van der Waals surface area (Å²) in [7, 11) is 0. The third-order valence-electron chi connectivity index (χ3n) is 3.93. The van der Waals surface area contributed by atoms with E-state index in [1.165, 1.54) is 0 Å². The third kappa shape index (κ3) is 4.64. The predicted molar refractivity (Wildman–Crippen MR) is 72.1 cm³/mol. The first kappa shape index (κ1) is 15.1. The first-order valence-electron chi connectivity index (χ1n) is 7.25. The van der Waals surface area contributed by atoms with Gasteiger partial charge in [0.1, 0.15) is 0 Å². The molecule has 114 valence electrons. The highest BCUT2D eigenvalue weighted by Gasteiger charge is 2.24. The lowest BCUT2D eigenvalue weighted by atomic mass is 9.92. The highest BCUT2D eigenvalue weighted by atomic mass is 16.5. The summed E-state index contributed by atoms with van der Waals surface area (Å²) in [5.74, 6) is -0.309. The number of piperidine rings is 1. The van der Waals surface area contributed by atoms with Crippen molar-refractivity contribution in [1.29, 1.82) is 0 Å². The number of carbonyl (C=O) groups excluding carboxylic acids is 1. The van der Waals surface area contributed by atoms with Crippen molar-refractivity contribution >= 4 is 12.0 Å². The van der Waals surface area contributed by atoms with Crippen molar-refractivity contribution in [1.82, 2.24) is 15.3 Å². The Kier molecular flexibility index (Phi) is 5.60. The molecule has 2 aliphatic heterocycles. The van der Waals surface area contributed by atoms with Crippen LogP contribution in [0.5, 0.6) is 0 Å². The van der Waals surface area contributed by atoms with Crippen molar-refractivity contribution in [2.24, 2.45) is 5.92 Å². The average Bonchev–Trinajstić information content (AvgIpc) is 2.46. The van der Waals surface area contributed by atoms with Crippen LogP contribution in [0.15, 0.2) is 0 Å². The lowest BCUT2D eigenvalue weighted by Gasteiger charge is -2.34. The van der Waals surface area contributed by atoms with Crippen LogP contribution in [0.4, 0.5) is 4.79 Å². The van der Waals surface area contributed by atoms with E-state index < -0.39 is 5.97 Å². The van der Waals surface area contributed by atoms with Gasteiger partial charge in [0.05, 0.1) is 13.2 Å². The lowest BCUT2D eigenvalue weighted by molar-refractivity contribution is -0.137. The number of carbonyl (C=O) groups is 2. The van der Waals surface area contributed by atoms with E-state index in [0.717, 1.165) is 25.9 Å². The van der Waals surface area contributed by atoms with Crippen LogP contribution in [-0.4, -0.2) is 66.4 Å². The maximum absolute atomic E-state index is 12.1. The molecule has 7 heteroatoms. The van der Waals surface area contributed by atoms with Crippen molar-refractivity contribution in [3.05, 3.63) is 0 Å². The van der Waals surface area contributed by atoms with Gasteiger partial charge in [-0.3, -0.25) is 10.2 Å². The molecule has 2 rings (SSSR count). The van der Waals surface area contributed by atoms with Gasteiger partial charge in [-0.15, -0.1) is 0 Å². The lowest BCUT2D eigenvalue weighted by Crippen LogP contribution is -2.54. The number of carboxylic acid groups (broad SMARTS) is 1. The number of rotatable bonds is 4. The van der Waals surface area contributed by atoms with E-state index in [1.54, 1.807) is 0 Å². The monoisotopic (exact) mass is 285 g/mol. The van der Waals surface area contributed by atoms with Crippen LogP contribution >= 0.6 is 0 Å². The van der Waals surface area contributed by atoms with Gasteiger partial charge in [-0.25, -0.2) is 9.80 Å². The molecule has 2 aliphatic rings. The van der Waals surface area contributed by atoms with Gasteiger partial charge in [0.25, 0.3) is 0 Å². The molecule has 2 saturated heterocycles. The molecule has 2 heterocycles. The van der Waals surface area contributed by atoms with Gasteiger partial charge in [0, 0.05) is 32.6 Å². The molecule has 2 amide bonds. The summed E-state index contributed by atoms with van der Waals surface area (Å²) in [6, 6.07) is -0.0522. The first-order valence-corrected chi connectivity index (χ1v) is 7.25. The summed E-state index contributed by atoms with van der Waals surface area (Å²) in [5, 5.41) is 10.6. The van der Waals surface area contributed by atoms with Crippen molar-refractivity contribution in [3.8, 4) is 0 Å². The number of ether oxygens (including phenoxy) is 1. The standard InChI is InChI=1S/C13H23N3O4/c17-12(18)2-1-11-3-5-15(6-4-11)13(19)14-16-7-9-20-10-8-16/h11H,1-10H2,(H,14,19)(H,17,18). The van der Waals surface area contributed by atoms with Gasteiger partial charge in [-0.1, -0.05) is 0 Å². The molecular formula is C13H23N3O4. The zero-order valence-electron chi connectivity index (χ0n) is 11.7. The molecule has 7 nitrogen and oxygen atoms in total. The Hall–Kier alpha value is -1.34. The molecule has 0 radical (unpaired) electrons. The minimum Gasteiger partial charge on any atom is -0.481 e. The second kappa shape index (κ2) is 7.44. The summed E-state index contributed by atoms with van der Waals surface area (Å²) in [6.07, 6.45) is 2.73. The summed E-state index contributed by atoms with van der Waals surface area (Å²) in [6.45, 7) is 4.16. The fourth-order valence-corrected chi connectivity index (χ4v) is 2.63. The Bertz CT molecular complexity index is 337. The first-order chi connectivity index (χ1) is 9.65. The fraction of sp³-hybridized carbons (Fsp3) is 0.846. The van der Waals surface area contributed by atoms with Crippen molar-refractivity contribution in [2.75, 3.05) is 39.4 Å². The molecule has 0 aromatic heterocycles. The largest absolute Gasteiger partial charge is 0.481 e. The number of urea groups is 1. The Labute approximate surface area is 118 Å². The van der Waals surface area contributed by atoms with E-state index in [0.29, 0.717) is 38.6 Å². The second-order valence-electron chi connectivity index (χ2n) is 5.38. The molecule has 0 spiro atoms. The van der Waals surface area contributed by atoms with Crippen LogP contribution < -0.4 is 5.43 Å². The quantitative estimate of drug-likeness (QED) is 0.787. The van der Waals surface area contributed by atoms with Crippen molar-refractivity contribution < 1.29 is 19.4 Å². The Morgan fingerprint density at radius 1 is 1.15 bits per heavy atom. The molecule has 2 fully saturated rings. The van der Waals surface area contributed by atoms with Gasteiger partial charge in [-0.05, 0) is 25.2 Å². The number of aliphatic carboxylic acids is 1. The highest BCUT2D eigenvalue weighted by molar-refractivity contribution is 5.73. The number of likely N-dealkylation sites (tertiary alicyclic amines) is 1. The number of hydrogen-bond acceptors (Lipinski definition) is 4. The Balaban J connectivity index is 1.67. The van der Waals surface area contributed by atoms with Crippen LogP contribution in [-0.2, 0) is 9.53 Å². The number of amides is 2. The zero-order chi connectivity index (χ0) is 14.4. The van der Waals surface area contributed by atoms with E-state index >= 15 is 0 Å². The van der Waals surface area contributed by atoms with Gasteiger partial charge < -0.3 is 14.7 Å². The van der Waals surface area contributed by atoms with Crippen LogP contribution in [0.25, 0.3) is 0 Å². The fourth-order valence-electron chi connectivity index (χ4n) is 2.63. The molecule has 0 aromatic rings. The normalized spacial score (nSPS) is 21.7. The molecule has 2 N–H and O–H groups in total. The number of nitrogens with one attached hydrogen (secondary N) is 1. The van der Waals surface area contributed by atoms with Gasteiger partial charge >= 0.3 is 12.0 Å². The second-order valence-corrected chi connectivity index (χ2v) is 5.38. The summed E-state index contributed by atoms with van der Waals surface area (Å²) in [4.78, 5) is 24.4. The average molecular weight is 285 g/mol. The van der Waals surface area contributed by atoms with E-state index in [-0.39, 0.29) is 12.5 Å². The maximum Gasteiger partial charge on any atom is 0.331 e. The molecule has 0 aromatic carbocycles. The van der Waals surface area contributed by atoms with Crippen molar-refractivity contribution in [3.63, 3.8) is 0 Å². The minimum absolute atomic E-state index is 0.0522. The van der Waals surface area contributed by atoms with Gasteiger partial charge in [-0.2, -0.15) is 0 Å². The van der Waals surface area contributed by atoms with Crippen molar-refractivity contribution in [2.45, 2.75) is 25.7 Å². The van der Waals surface area contributed by atoms with E-state index in [9.17, 15) is 9.59 Å². The van der Waals surface area contributed by atoms with E-state index in [1.807, 2.05) is 9.91 Å². The topological polar surface area (TPSA) is 82.1 Å². The number of morpholine rings is 1. The number of hydrazine groups is 1. The maximum atomic E-state index is 12.1. The van der Waals surface area contributed by atoms with E-state index in [4.69, 9.17) is 9.84 Å². The summed E-state index contributed by atoms with van der Waals surface area (Å²) >= 11 is 0. The minimum atomic E-state index is -0.738. The molecular weight excluding hydrogens is 262 g/mol. The van der Waals surface area contributed by atoms with Gasteiger partial charge in [0.15, 0.2) is 0 Å². The number of carboxylic acids is 1. The molecule has 0 atom stereocenters. The van der Waals surface area contributed by atoms with Crippen LogP contribution in [0.3, 0.4) is 0 Å².